The van der Waals surface area contributed by atoms with Gasteiger partial charge in [-0.3, -0.25) is 0 Å². The van der Waals surface area contributed by atoms with E-state index < -0.39 is 5.97 Å². The number of thiophene rings is 1. The van der Waals surface area contributed by atoms with Gasteiger partial charge in [0.15, 0.2) is 0 Å². The van der Waals surface area contributed by atoms with Crippen molar-refractivity contribution in [3.63, 3.8) is 0 Å². The number of benzene rings is 1. The number of hydrogen-bond acceptors (Lipinski definition) is 3. The molecule has 3 aromatic rings. The summed E-state index contributed by atoms with van der Waals surface area (Å²) in [7, 11) is 0. The van der Waals surface area contributed by atoms with E-state index in [0.29, 0.717) is 5.69 Å². The molecule has 0 saturated heterocycles. The molecule has 3 rings (SSSR count). The average Bonchev–Trinajstić information content (AvgIpc) is 3.05. The molecule has 0 aliphatic rings. The van der Waals surface area contributed by atoms with Crippen molar-refractivity contribution < 1.29 is 9.90 Å². The van der Waals surface area contributed by atoms with Crippen LogP contribution in [0.1, 0.15) is 15.2 Å². The summed E-state index contributed by atoms with van der Waals surface area (Å²) >= 11 is 4.99. The third-order valence-corrected chi connectivity index (χ3v) is 4.70. The molecule has 4 nitrogen and oxygen atoms in total. The fourth-order valence-electron chi connectivity index (χ4n) is 2.04. The van der Waals surface area contributed by atoms with Crippen LogP contribution < -0.4 is 0 Å². The van der Waals surface area contributed by atoms with Gasteiger partial charge in [-0.15, -0.1) is 11.3 Å². The Morgan fingerprint density at radius 1 is 1.29 bits per heavy atom. The molecule has 0 amide bonds. The van der Waals surface area contributed by atoms with E-state index in [-0.39, 0.29) is 5.56 Å². The minimum atomic E-state index is -0.977. The molecule has 0 aliphatic heterocycles. The van der Waals surface area contributed by atoms with E-state index in [1.165, 1.54) is 11.3 Å². The maximum absolute atomic E-state index is 11.5. The predicted molar refractivity (Wildman–Crippen MR) is 86.3 cm³/mol. The maximum atomic E-state index is 11.5. The number of halogens is 1. The van der Waals surface area contributed by atoms with Crippen molar-refractivity contribution >= 4 is 33.2 Å². The number of aryl methyl sites for hydroxylation is 1. The first-order chi connectivity index (χ1) is 10.1. The summed E-state index contributed by atoms with van der Waals surface area (Å²) in [6.07, 6.45) is 1.55. The summed E-state index contributed by atoms with van der Waals surface area (Å²) in [5, 5.41) is 13.9. The van der Waals surface area contributed by atoms with Gasteiger partial charge < -0.3 is 5.11 Å². The molecule has 0 fully saturated rings. The molecule has 0 bridgehead atoms. The fourth-order valence-corrected chi connectivity index (χ4v) is 3.37. The SMILES string of the molecule is Cc1ccc(-c2nn(-c3ccccc3Br)cc2C(=O)O)s1. The number of rotatable bonds is 3. The van der Waals surface area contributed by atoms with Crippen molar-refractivity contribution in [3.8, 4) is 16.3 Å². The Bertz CT molecular complexity index is 823. The van der Waals surface area contributed by atoms with Gasteiger partial charge in [0, 0.05) is 15.5 Å². The first-order valence-electron chi connectivity index (χ1n) is 6.21. The van der Waals surface area contributed by atoms with Crippen molar-refractivity contribution in [3.05, 3.63) is 57.5 Å². The van der Waals surface area contributed by atoms with Gasteiger partial charge >= 0.3 is 5.97 Å². The number of carbonyl (C=O) groups is 1. The average molecular weight is 363 g/mol. The Morgan fingerprint density at radius 2 is 2.05 bits per heavy atom. The van der Waals surface area contributed by atoms with Gasteiger partial charge in [0.05, 0.1) is 10.6 Å². The highest BCUT2D eigenvalue weighted by Crippen LogP contribution is 2.31. The highest BCUT2D eigenvalue weighted by molar-refractivity contribution is 9.10. The summed E-state index contributed by atoms with van der Waals surface area (Å²) in [6, 6.07) is 11.4. The van der Waals surface area contributed by atoms with Crippen LogP contribution in [0.4, 0.5) is 0 Å². The first-order valence-corrected chi connectivity index (χ1v) is 7.82. The lowest BCUT2D eigenvalue weighted by molar-refractivity contribution is 0.0697. The summed E-state index contributed by atoms with van der Waals surface area (Å²) < 4.78 is 2.45. The van der Waals surface area contributed by atoms with Gasteiger partial charge in [0.25, 0.3) is 0 Å². The van der Waals surface area contributed by atoms with E-state index in [2.05, 4.69) is 21.0 Å². The number of hydrogen-bond donors (Lipinski definition) is 1. The quantitative estimate of drug-likeness (QED) is 0.752. The van der Waals surface area contributed by atoms with Crippen LogP contribution >= 0.6 is 27.3 Å². The smallest absolute Gasteiger partial charge is 0.339 e. The monoisotopic (exact) mass is 362 g/mol. The molecule has 2 aromatic heterocycles. The maximum Gasteiger partial charge on any atom is 0.339 e. The lowest BCUT2D eigenvalue weighted by atomic mass is 10.2. The van der Waals surface area contributed by atoms with Crippen LogP contribution in [0.3, 0.4) is 0 Å². The first kappa shape index (κ1) is 14.0. The van der Waals surface area contributed by atoms with Crippen LogP contribution in [0.5, 0.6) is 0 Å². The molecule has 6 heteroatoms. The lowest BCUT2D eigenvalue weighted by Gasteiger charge is -2.03. The zero-order chi connectivity index (χ0) is 15.0. The number of carboxylic acid groups (broad SMARTS) is 1. The number of nitrogens with zero attached hydrogens (tertiary/aromatic N) is 2. The number of carboxylic acids is 1. The van der Waals surface area contributed by atoms with E-state index in [1.54, 1.807) is 10.9 Å². The predicted octanol–water partition coefficient (Wildman–Crippen LogP) is 4.37. The Hall–Kier alpha value is -1.92. The summed E-state index contributed by atoms with van der Waals surface area (Å²) in [5.41, 5.74) is 1.50. The third-order valence-electron chi connectivity index (χ3n) is 3.02. The van der Waals surface area contributed by atoms with Crippen molar-refractivity contribution in [2.45, 2.75) is 6.92 Å². The van der Waals surface area contributed by atoms with Gasteiger partial charge in [-0.2, -0.15) is 5.10 Å². The van der Waals surface area contributed by atoms with Crippen LogP contribution in [0.2, 0.25) is 0 Å². The van der Waals surface area contributed by atoms with Crippen LogP contribution in [-0.4, -0.2) is 20.9 Å². The zero-order valence-electron chi connectivity index (χ0n) is 11.1. The highest BCUT2D eigenvalue weighted by atomic mass is 79.9. The lowest BCUT2D eigenvalue weighted by Crippen LogP contribution is -1.96. The zero-order valence-corrected chi connectivity index (χ0v) is 13.5. The molecule has 1 aromatic carbocycles. The molecule has 106 valence electrons. The van der Waals surface area contributed by atoms with E-state index in [9.17, 15) is 9.90 Å². The summed E-state index contributed by atoms with van der Waals surface area (Å²) in [4.78, 5) is 13.5. The molecule has 0 unspecified atom stereocenters. The largest absolute Gasteiger partial charge is 0.478 e. The standard InChI is InChI=1S/C15H11BrN2O2S/c1-9-6-7-13(21-9)14-10(15(19)20)8-18(17-14)12-5-3-2-4-11(12)16/h2-8H,1H3,(H,19,20). The molecule has 1 N–H and O–H groups in total. The Kier molecular flexibility index (Phi) is 3.65. The molecular weight excluding hydrogens is 352 g/mol. The number of aromatic nitrogens is 2. The van der Waals surface area contributed by atoms with Gasteiger partial charge in [0.1, 0.15) is 11.3 Å². The number of para-hydroxylation sites is 1. The van der Waals surface area contributed by atoms with Crippen LogP contribution in [0, 0.1) is 6.92 Å². The summed E-state index contributed by atoms with van der Waals surface area (Å²) in [6.45, 7) is 1.99. The second-order valence-corrected chi connectivity index (χ2v) is 6.65. The van der Waals surface area contributed by atoms with Crippen molar-refractivity contribution in [2.75, 3.05) is 0 Å². The Morgan fingerprint density at radius 3 is 2.67 bits per heavy atom. The van der Waals surface area contributed by atoms with E-state index >= 15 is 0 Å². The Balaban J connectivity index is 2.18. The van der Waals surface area contributed by atoms with Gasteiger partial charge in [-0.1, -0.05) is 12.1 Å². The van der Waals surface area contributed by atoms with E-state index in [0.717, 1.165) is 19.9 Å². The molecule has 0 atom stereocenters. The van der Waals surface area contributed by atoms with Gasteiger partial charge in [-0.05, 0) is 47.1 Å². The minimum Gasteiger partial charge on any atom is -0.478 e. The molecule has 0 spiro atoms. The van der Waals surface area contributed by atoms with Gasteiger partial charge in [0.2, 0.25) is 0 Å². The highest BCUT2D eigenvalue weighted by Gasteiger charge is 2.19. The van der Waals surface area contributed by atoms with Crippen LogP contribution in [-0.2, 0) is 0 Å². The van der Waals surface area contributed by atoms with Crippen molar-refractivity contribution in [2.24, 2.45) is 0 Å². The third kappa shape index (κ3) is 2.64. The fraction of sp³-hybridized carbons (Fsp3) is 0.0667. The summed E-state index contributed by atoms with van der Waals surface area (Å²) in [5.74, 6) is -0.977. The van der Waals surface area contributed by atoms with Gasteiger partial charge in [-0.25, -0.2) is 9.48 Å². The molecule has 21 heavy (non-hydrogen) atoms. The molecule has 2 heterocycles. The second kappa shape index (κ2) is 5.46. The molecule has 0 saturated carbocycles. The second-order valence-electron chi connectivity index (χ2n) is 4.50. The normalized spacial score (nSPS) is 10.8. The minimum absolute atomic E-state index is 0.201. The number of aromatic carboxylic acids is 1. The topological polar surface area (TPSA) is 55.1 Å². The van der Waals surface area contributed by atoms with Crippen molar-refractivity contribution in [1.29, 1.82) is 0 Å². The van der Waals surface area contributed by atoms with E-state index in [4.69, 9.17) is 0 Å². The van der Waals surface area contributed by atoms with E-state index in [1.807, 2.05) is 43.3 Å². The van der Waals surface area contributed by atoms with Crippen molar-refractivity contribution in [1.82, 2.24) is 9.78 Å². The van der Waals surface area contributed by atoms with Crippen LogP contribution in [0.15, 0.2) is 47.1 Å². The molecular formula is C15H11BrN2O2S. The van der Waals surface area contributed by atoms with Crippen LogP contribution in [0.25, 0.3) is 16.3 Å². The Labute approximate surface area is 133 Å². The molecule has 0 aliphatic carbocycles. The molecule has 0 radical (unpaired) electrons.